The number of aliphatic hydroxyl groups excluding tert-OH is 2. The van der Waals surface area contributed by atoms with Crippen LogP contribution in [-0.2, 0) is 4.74 Å². The van der Waals surface area contributed by atoms with Crippen LogP contribution in [0.5, 0.6) is 5.75 Å². The van der Waals surface area contributed by atoms with Crippen molar-refractivity contribution in [2.75, 3.05) is 39.5 Å². The first-order chi connectivity index (χ1) is 10.2. The molecule has 0 spiro atoms. The highest BCUT2D eigenvalue weighted by atomic mass is 16.5. The highest BCUT2D eigenvalue weighted by Crippen LogP contribution is 2.13. The predicted octanol–water partition coefficient (Wildman–Crippen LogP) is -0.00892. The van der Waals surface area contributed by atoms with Gasteiger partial charge in [-0.1, -0.05) is 6.07 Å². The lowest BCUT2D eigenvalue weighted by molar-refractivity contribution is -0.0641. The van der Waals surface area contributed by atoms with E-state index in [2.05, 4.69) is 0 Å². The van der Waals surface area contributed by atoms with Gasteiger partial charge in [-0.25, -0.2) is 0 Å². The predicted molar refractivity (Wildman–Crippen MR) is 75.9 cm³/mol. The standard InChI is InChI=1S/C15H20N2O4/c16-7-12-2-1-3-14(6-12)21-11-13(19)8-17-4-5-20-15(9-17)10-18/h1-3,6,13,15,18-19H,4-5,8-11H2. The molecule has 0 aliphatic carbocycles. The molecule has 1 saturated heterocycles. The van der Waals surface area contributed by atoms with Crippen LogP contribution in [0.25, 0.3) is 0 Å². The molecule has 2 unspecified atom stereocenters. The van der Waals surface area contributed by atoms with E-state index in [4.69, 9.17) is 19.8 Å². The first kappa shape index (κ1) is 15.7. The lowest BCUT2D eigenvalue weighted by Gasteiger charge is -2.33. The highest BCUT2D eigenvalue weighted by molar-refractivity contribution is 5.36. The van der Waals surface area contributed by atoms with Crippen LogP contribution in [0.2, 0.25) is 0 Å². The smallest absolute Gasteiger partial charge is 0.120 e. The van der Waals surface area contributed by atoms with Crippen LogP contribution in [0, 0.1) is 11.3 Å². The van der Waals surface area contributed by atoms with Crippen molar-refractivity contribution in [3.8, 4) is 11.8 Å². The molecular weight excluding hydrogens is 272 g/mol. The van der Waals surface area contributed by atoms with Crippen molar-refractivity contribution < 1.29 is 19.7 Å². The van der Waals surface area contributed by atoms with Crippen molar-refractivity contribution in [2.24, 2.45) is 0 Å². The zero-order valence-electron chi connectivity index (χ0n) is 11.8. The van der Waals surface area contributed by atoms with Crippen LogP contribution >= 0.6 is 0 Å². The third kappa shape index (κ3) is 4.99. The second kappa shape index (κ2) is 7.96. The molecule has 6 nitrogen and oxygen atoms in total. The minimum atomic E-state index is -0.631. The maximum absolute atomic E-state index is 10.0. The summed E-state index contributed by atoms with van der Waals surface area (Å²) in [5, 5.41) is 27.9. The van der Waals surface area contributed by atoms with Gasteiger partial charge in [0.1, 0.15) is 18.5 Å². The van der Waals surface area contributed by atoms with Gasteiger partial charge in [0.15, 0.2) is 0 Å². The molecule has 1 aliphatic heterocycles. The van der Waals surface area contributed by atoms with E-state index in [-0.39, 0.29) is 19.3 Å². The van der Waals surface area contributed by atoms with Gasteiger partial charge >= 0.3 is 0 Å². The molecule has 6 heteroatoms. The number of hydrogen-bond donors (Lipinski definition) is 2. The van der Waals surface area contributed by atoms with Crippen molar-refractivity contribution in [3.05, 3.63) is 29.8 Å². The van der Waals surface area contributed by atoms with Gasteiger partial charge in [0, 0.05) is 19.6 Å². The summed E-state index contributed by atoms with van der Waals surface area (Å²) in [7, 11) is 0. The summed E-state index contributed by atoms with van der Waals surface area (Å²) in [6.07, 6.45) is -0.813. The molecule has 1 fully saturated rings. The number of nitrogens with zero attached hydrogens (tertiary/aromatic N) is 2. The van der Waals surface area contributed by atoms with E-state index in [0.717, 1.165) is 6.54 Å². The lowest BCUT2D eigenvalue weighted by Crippen LogP contribution is -2.47. The number of rotatable bonds is 6. The van der Waals surface area contributed by atoms with Crippen LogP contribution in [0.15, 0.2) is 24.3 Å². The number of benzene rings is 1. The topological polar surface area (TPSA) is 86.0 Å². The Balaban J connectivity index is 1.76. The van der Waals surface area contributed by atoms with E-state index >= 15 is 0 Å². The van der Waals surface area contributed by atoms with E-state index in [9.17, 15) is 5.11 Å². The van der Waals surface area contributed by atoms with E-state index in [1.807, 2.05) is 11.0 Å². The second-order valence-corrected chi connectivity index (χ2v) is 5.04. The lowest BCUT2D eigenvalue weighted by atomic mass is 10.2. The molecule has 0 amide bonds. The normalized spacial score (nSPS) is 20.7. The van der Waals surface area contributed by atoms with Crippen molar-refractivity contribution in [1.82, 2.24) is 4.90 Å². The molecule has 0 radical (unpaired) electrons. The molecule has 114 valence electrons. The van der Waals surface area contributed by atoms with Crippen LogP contribution in [0.4, 0.5) is 0 Å². The fourth-order valence-corrected chi connectivity index (χ4v) is 2.26. The number of hydrogen-bond acceptors (Lipinski definition) is 6. The Morgan fingerprint density at radius 2 is 2.38 bits per heavy atom. The Morgan fingerprint density at radius 1 is 1.52 bits per heavy atom. The zero-order chi connectivity index (χ0) is 15.1. The maximum atomic E-state index is 10.0. The van der Waals surface area contributed by atoms with Gasteiger partial charge in [-0.2, -0.15) is 5.26 Å². The second-order valence-electron chi connectivity index (χ2n) is 5.04. The Hall–Kier alpha value is -1.65. The van der Waals surface area contributed by atoms with Crippen LogP contribution < -0.4 is 4.74 Å². The van der Waals surface area contributed by atoms with Gasteiger partial charge < -0.3 is 19.7 Å². The van der Waals surface area contributed by atoms with E-state index in [0.29, 0.717) is 31.0 Å². The first-order valence-corrected chi connectivity index (χ1v) is 6.97. The monoisotopic (exact) mass is 292 g/mol. The number of β-amino-alcohol motifs (C(OH)–C–C–N with tert-alkyl or cyclic N) is 1. The summed E-state index contributed by atoms with van der Waals surface area (Å²) in [5.41, 5.74) is 0.529. The third-order valence-corrected chi connectivity index (χ3v) is 3.30. The molecule has 1 heterocycles. The largest absolute Gasteiger partial charge is 0.491 e. The SMILES string of the molecule is N#Cc1cccc(OCC(O)CN2CCOC(CO)C2)c1. The number of nitriles is 1. The fraction of sp³-hybridized carbons (Fsp3) is 0.533. The Kier molecular flexibility index (Phi) is 5.96. The molecule has 1 aliphatic rings. The molecule has 21 heavy (non-hydrogen) atoms. The van der Waals surface area contributed by atoms with Gasteiger partial charge in [0.25, 0.3) is 0 Å². The van der Waals surface area contributed by atoms with Gasteiger partial charge in [-0.3, -0.25) is 4.90 Å². The molecule has 1 aromatic rings. The number of aliphatic hydroxyl groups is 2. The molecule has 2 atom stereocenters. The van der Waals surface area contributed by atoms with E-state index < -0.39 is 6.10 Å². The number of ether oxygens (including phenoxy) is 2. The summed E-state index contributed by atoms with van der Waals surface area (Å²) in [4.78, 5) is 2.05. The summed E-state index contributed by atoms with van der Waals surface area (Å²) in [6, 6.07) is 8.88. The first-order valence-electron chi connectivity index (χ1n) is 6.97. The van der Waals surface area contributed by atoms with E-state index in [1.54, 1.807) is 24.3 Å². The molecule has 2 rings (SSSR count). The number of morpholine rings is 1. The summed E-state index contributed by atoms with van der Waals surface area (Å²) in [5.74, 6) is 0.573. The van der Waals surface area contributed by atoms with Crippen LogP contribution in [0.3, 0.4) is 0 Å². The molecule has 2 N–H and O–H groups in total. The molecular formula is C15H20N2O4. The van der Waals surface area contributed by atoms with Crippen LogP contribution in [-0.4, -0.2) is 66.8 Å². The minimum Gasteiger partial charge on any atom is -0.491 e. The average Bonchev–Trinajstić information content (AvgIpc) is 2.53. The van der Waals surface area contributed by atoms with Gasteiger partial charge in [0.05, 0.1) is 31.0 Å². The third-order valence-electron chi connectivity index (χ3n) is 3.30. The van der Waals surface area contributed by atoms with Crippen molar-refractivity contribution in [2.45, 2.75) is 12.2 Å². The quantitative estimate of drug-likeness (QED) is 0.767. The van der Waals surface area contributed by atoms with Gasteiger partial charge in [0.2, 0.25) is 0 Å². The summed E-state index contributed by atoms with van der Waals surface area (Å²) < 4.78 is 10.9. The summed E-state index contributed by atoms with van der Waals surface area (Å²) >= 11 is 0. The van der Waals surface area contributed by atoms with E-state index in [1.165, 1.54) is 0 Å². The van der Waals surface area contributed by atoms with Gasteiger partial charge in [-0.15, -0.1) is 0 Å². The summed E-state index contributed by atoms with van der Waals surface area (Å²) in [6.45, 7) is 2.52. The van der Waals surface area contributed by atoms with Crippen molar-refractivity contribution in [1.29, 1.82) is 5.26 Å². The maximum Gasteiger partial charge on any atom is 0.120 e. The molecule has 0 aromatic heterocycles. The molecule has 0 saturated carbocycles. The fourth-order valence-electron chi connectivity index (χ4n) is 2.26. The molecule has 1 aromatic carbocycles. The Labute approximate surface area is 124 Å². The Bertz CT molecular complexity index is 489. The van der Waals surface area contributed by atoms with Gasteiger partial charge in [-0.05, 0) is 18.2 Å². The van der Waals surface area contributed by atoms with Crippen molar-refractivity contribution >= 4 is 0 Å². The minimum absolute atomic E-state index is 0.00987. The zero-order valence-corrected chi connectivity index (χ0v) is 11.8. The molecule has 0 bridgehead atoms. The van der Waals surface area contributed by atoms with Crippen molar-refractivity contribution in [3.63, 3.8) is 0 Å². The average molecular weight is 292 g/mol. The van der Waals surface area contributed by atoms with Crippen LogP contribution in [0.1, 0.15) is 5.56 Å². The Morgan fingerprint density at radius 3 is 3.14 bits per heavy atom. The highest BCUT2D eigenvalue weighted by Gasteiger charge is 2.21.